The number of anilines is 1. The summed E-state index contributed by atoms with van der Waals surface area (Å²) in [6.45, 7) is 5.36. The van der Waals surface area contributed by atoms with E-state index >= 15 is 0 Å². The Morgan fingerprint density at radius 1 is 1.21 bits per heavy atom. The number of rotatable bonds is 2. The van der Waals surface area contributed by atoms with E-state index in [0.29, 0.717) is 23.9 Å². The summed E-state index contributed by atoms with van der Waals surface area (Å²) in [4.78, 5) is 19.0. The van der Waals surface area contributed by atoms with Crippen LogP contribution in [-0.2, 0) is 0 Å². The molecule has 2 unspecified atom stereocenters. The van der Waals surface area contributed by atoms with Gasteiger partial charge in [0.15, 0.2) is 0 Å². The largest absolute Gasteiger partial charge is 0.338 e. The van der Waals surface area contributed by atoms with E-state index in [2.05, 4.69) is 38.7 Å². The molecule has 0 radical (unpaired) electrons. The molecule has 0 spiro atoms. The number of nitrogens with zero attached hydrogens (tertiary/aromatic N) is 6. The molecule has 2 aromatic rings. The molecule has 3 rings (SSSR count). The summed E-state index contributed by atoms with van der Waals surface area (Å²) in [7, 11) is 0. The molecular formula is C12H15ClN6. The molecule has 3 heterocycles. The quantitative estimate of drug-likeness (QED) is 0.840. The zero-order valence-electron chi connectivity index (χ0n) is 10.9. The van der Waals surface area contributed by atoms with Crippen LogP contribution in [0.5, 0.6) is 0 Å². The lowest BCUT2D eigenvalue weighted by molar-refractivity contribution is 0.624. The van der Waals surface area contributed by atoms with Crippen molar-refractivity contribution in [2.45, 2.75) is 26.3 Å². The first-order valence-electron chi connectivity index (χ1n) is 6.30. The van der Waals surface area contributed by atoms with Gasteiger partial charge in [-0.1, -0.05) is 6.92 Å². The van der Waals surface area contributed by atoms with Crippen LogP contribution in [0.1, 0.15) is 20.3 Å². The van der Waals surface area contributed by atoms with Crippen molar-refractivity contribution in [3.63, 3.8) is 0 Å². The highest BCUT2D eigenvalue weighted by Gasteiger charge is 2.28. The van der Waals surface area contributed by atoms with E-state index in [0.717, 1.165) is 13.0 Å². The van der Waals surface area contributed by atoms with Crippen LogP contribution in [0.25, 0.3) is 5.95 Å². The first kappa shape index (κ1) is 12.3. The summed E-state index contributed by atoms with van der Waals surface area (Å²) >= 11 is 6.01. The minimum Gasteiger partial charge on any atom is -0.338 e. The summed E-state index contributed by atoms with van der Waals surface area (Å²) in [6.07, 6.45) is 6.25. The number of aromatic nitrogens is 5. The van der Waals surface area contributed by atoms with Crippen LogP contribution in [-0.4, -0.2) is 37.1 Å². The number of imidazole rings is 1. The highest BCUT2D eigenvalue weighted by molar-refractivity contribution is 6.28. The van der Waals surface area contributed by atoms with Crippen molar-refractivity contribution in [2.75, 3.05) is 11.4 Å². The van der Waals surface area contributed by atoms with Gasteiger partial charge in [0.25, 0.3) is 0 Å². The fraction of sp³-hybridized carbons (Fsp3) is 0.500. The van der Waals surface area contributed by atoms with Crippen molar-refractivity contribution in [1.29, 1.82) is 0 Å². The van der Waals surface area contributed by atoms with Crippen molar-refractivity contribution in [1.82, 2.24) is 24.5 Å². The van der Waals surface area contributed by atoms with Gasteiger partial charge in [-0.15, -0.1) is 0 Å². The van der Waals surface area contributed by atoms with Gasteiger partial charge in [0, 0.05) is 25.0 Å². The molecule has 19 heavy (non-hydrogen) atoms. The second kappa shape index (κ2) is 4.77. The Balaban J connectivity index is 1.98. The van der Waals surface area contributed by atoms with E-state index in [9.17, 15) is 0 Å². The molecule has 0 amide bonds. The molecule has 0 N–H and O–H groups in total. The van der Waals surface area contributed by atoms with Gasteiger partial charge in [-0.25, -0.2) is 4.98 Å². The van der Waals surface area contributed by atoms with Crippen LogP contribution < -0.4 is 4.90 Å². The summed E-state index contributed by atoms with van der Waals surface area (Å²) in [6, 6.07) is 0.420. The maximum absolute atomic E-state index is 6.01. The Hall–Kier alpha value is -1.69. The summed E-state index contributed by atoms with van der Waals surface area (Å²) in [5.41, 5.74) is 0. The van der Waals surface area contributed by atoms with Gasteiger partial charge in [0.1, 0.15) is 6.33 Å². The molecule has 0 aromatic carbocycles. The third-order valence-corrected chi connectivity index (χ3v) is 3.53. The Morgan fingerprint density at radius 3 is 2.63 bits per heavy atom. The standard InChI is InChI=1S/C12H15ClN6/c1-8-5-9(2)19(6-8)12-16-10(13)15-11(17-12)18-4-3-14-7-18/h3-4,7-9H,5-6H2,1-2H3. The smallest absolute Gasteiger partial charge is 0.241 e. The van der Waals surface area contributed by atoms with E-state index in [1.54, 1.807) is 23.3 Å². The molecule has 0 aliphatic carbocycles. The predicted molar refractivity (Wildman–Crippen MR) is 72.5 cm³/mol. The van der Waals surface area contributed by atoms with Crippen molar-refractivity contribution in [3.05, 3.63) is 24.0 Å². The monoisotopic (exact) mass is 278 g/mol. The molecule has 2 aromatic heterocycles. The first-order chi connectivity index (χ1) is 9.13. The number of hydrogen-bond acceptors (Lipinski definition) is 5. The first-order valence-corrected chi connectivity index (χ1v) is 6.68. The average molecular weight is 279 g/mol. The zero-order valence-corrected chi connectivity index (χ0v) is 11.6. The molecule has 1 aliphatic heterocycles. The van der Waals surface area contributed by atoms with Gasteiger partial charge in [0.2, 0.25) is 17.2 Å². The van der Waals surface area contributed by atoms with E-state index in [-0.39, 0.29) is 5.28 Å². The fourth-order valence-corrected chi connectivity index (χ4v) is 2.68. The van der Waals surface area contributed by atoms with Crippen LogP contribution in [0.2, 0.25) is 5.28 Å². The average Bonchev–Trinajstić information content (AvgIpc) is 2.98. The molecule has 1 fully saturated rings. The van der Waals surface area contributed by atoms with Gasteiger partial charge in [-0.05, 0) is 30.9 Å². The maximum Gasteiger partial charge on any atom is 0.241 e. The Morgan fingerprint density at radius 2 is 2.00 bits per heavy atom. The molecule has 0 saturated carbocycles. The van der Waals surface area contributed by atoms with E-state index < -0.39 is 0 Å². The highest BCUT2D eigenvalue weighted by atomic mass is 35.5. The van der Waals surface area contributed by atoms with Crippen LogP contribution in [0, 0.1) is 5.92 Å². The third-order valence-electron chi connectivity index (χ3n) is 3.36. The number of halogens is 1. The van der Waals surface area contributed by atoms with E-state index in [1.807, 2.05) is 0 Å². The lowest BCUT2D eigenvalue weighted by Gasteiger charge is -2.21. The van der Waals surface area contributed by atoms with Gasteiger partial charge in [-0.3, -0.25) is 4.57 Å². The fourth-order valence-electron chi connectivity index (χ4n) is 2.53. The van der Waals surface area contributed by atoms with Gasteiger partial charge >= 0.3 is 0 Å². The molecule has 6 nitrogen and oxygen atoms in total. The highest BCUT2D eigenvalue weighted by Crippen LogP contribution is 2.26. The second-order valence-corrected chi connectivity index (χ2v) is 5.35. The van der Waals surface area contributed by atoms with Crippen LogP contribution in [0.15, 0.2) is 18.7 Å². The van der Waals surface area contributed by atoms with Gasteiger partial charge < -0.3 is 4.90 Å². The van der Waals surface area contributed by atoms with Crippen molar-refractivity contribution < 1.29 is 0 Å². The SMILES string of the molecule is CC1CC(C)N(c2nc(Cl)nc(-n3ccnc3)n2)C1. The van der Waals surface area contributed by atoms with E-state index in [1.165, 1.54) is 0 Å². The molecular weight excluding hydrogens is 264 g/mol. The number of hydrogen-bond donors (Lipinski definition) is 0. The van der Waals surface area contributed by atoms with Crippen molar-refractivity contribution in [3.8, 4) is 5.95 Å². The van der Waals surface area contributed by atoms with Crippen molar-refractivity contribution in [2.24, 2.45) is 5.92 Å². The van der Waals surface area contributed by atoms with Crippen LogP contribution in [0.3, 0.4) is 0 Å². The normalized spacial score (nSPS) is 23.0. The lowest BCUT2D eigenvalue weighted by atomic mass is 10.1. The topological polar surface area (TPSA) is 59.7 Å². The lowest BCUT2D eigenvalue weighted by Crippen LogP contribution is -2.29. The Bertz CT molecular complexity index is 570. The van der Waals surface area contributed by atoms with Crippen molar-refractivity contribution >= 4 is 17.5 Å². The van der Waals surface area contributed by atoms with Gasteiger partial charge in [0.05, 0.1) is 0 Å². The Labute approximate surface area is 116 Å². The maximum atomic E-state index is 6.01. The Kier molecular flexibility index (Phi) is 3.10. The summed E-state index contributed by atoms with van der Waals surface area (Å²) in [5.74, 6) is 1.78. The minimum absolute atomic E-state index is 0.209. The summed E-state index contributed by atoms with van der Waals surface area (Å²) in [5, 5.41) is 0.209. The molecule has 0 bridgehead atoms. The predicted octanol–water partition coefficient (Wildman–Crippen LogP) is 1.95. The van der Waals surface area contributed by atoms with Crippen LogP contribution in [0.4, 0.5) is 5.95 Å². The second-order valence-electron chi connectivity index (χ2n) is 5.02. The summed E-state index contributed by atoms with van der Waals surface area (Å²) < 4.78 is 1.72. The molecule has 1 saturated heterocycles. The molecule has 1 aliphatic rings. The van der Waals surface area contributed by atoms with Gasteiger partial charge in [-0.2, -0.15) is 15.0 Å². The van der Waals surface area contributed by atoms with Crippen LogP contribution >= 0.6 is 11.6 Å². The third kappa shape index (κ3) is 2.40. The minimum atomic E-state index is 0.209. The molecule has 100 valence electrons. The molecule has 7 heteroatoms. The molecule has 2 atom stereocenters. The zero-order chi connectivity index (χ0) is 13.4. The van der Waals surface area contributed by atoms with E-state index in [4.69, 9.17) is 11.6 Å².